The van der Waals surface area contributed by atoms with E-state index in [-0.39, 0.29) is 11.6 Å². The zero-order valence-electron chi connectivity index (χ0n) is 9.40. The molecule has 1 rings (SSSR count). The first-order valence-electron chi connectivity index (χ1n) is 4.78. The van der Waals surface area contributed by atoms with Crippen LogP contribution in [0.2, 0.25) is 0 Å². The van der Waals surface area contributed by atoms with Gasteiger partial charge in [-0.2, -0.15) is 9.40 Å². The molecule has 6 nitrogen and oxygen atoms in total. The van der Waals surface area contributed by atoms with E-state index in [1.54, 1.807) is 7.05 Å². The van der Waals surface area contributed by atoms with E-state index in [9.17, 15) is 8.42 Å². The molecule has 1 aromatic rings. The summed E-state index contributed by atoms with van der Waals surface area (Å²) in [7, 11) is -0.259. The molecule has 0 aliphatic carbocycles. The maximum absolute atomic E-state index is 12.1. The molecule has 0 aliphatic heterocycles. The molecule has 0 saturated heterocycles. The predicted octanol–water partition coefficient (Wildman–Crippen LogP) is -0.0644. The van der Waals surface area contributed by atoms with E-state index in [0.29, 0.717) is 12.1 Å². The molecule has 1 heterocycles. The Morgan fingerprint density at radius 2 is 2.38 bits per heavy atom. The molecule has 16 heavy (non-hydrogen) atoms. The Kier molecular flexibility index (Phi) is 4.22. The number of aromatic nitrogens is 2. The van der Waals surface area contributed by atoms with E-state index < -0.39 is 10.0 Å². The third-order valence-electron chi connectivity index (χ3n) is 2.10. The lowest BCUT2D eigenvalue weighted by molar-refractivity contribution is 0.494. The minimum Gasteiger partial charge on any atom is -0.316 e. The summed E-state index contributed by atoms with van der Waals surface area (Å²) < 4.78 is 25.3. The molecule has 7 heteroatoms. The first-order chi connectivity index (χ1) is 7.54. The van der Waals surface area contributed by atoms with Crippen molar-refractivity contribution >= 4 is 10.0 Å². The minimum atomic E-state index is -3.51. The number of rotatable bonds is 6. The SMILES string of the molecule is C=CCN(C)S(=O)(=O)c1[nH]ncc1CNC. The Morgan fingerprint density at radius 3 is 2.94 bits per heavy atom. The van der Waals surface area contributed by atoms with Crippen molar-refractivity contribution in [3.63, 3.8) is 0 Å². The van der Waals surface area contributed by atoms with Crippen LogP contribution in [0.5, 0.6) is 0 Å². The second-order valence-corrected chi connectivity index (χ2v) is 5.31. The predicted molar refractivity (Wildman–Crippen MR) is 61.4 cm³/mol. The van der Waals surface area contributed by atoms with Crippen LogP contribution in [0.1, 0.15) is 5.56 Å². The molecule has 0 aliphatic rings. The molecule has 0 atom stereocenters. The van der Waals surface area contributed by atoms with Crippen LogP contribution in [0.25, 0.3) is 0 Å². The first kappa shape index (κ1) is 12.9. The molecule has 0 unspecified atom stereocenters. The molecule has 0 bridgehead atoms. The van der Waals surface area contributed by atoms with Crippen molar-refractivity contribution in [2.75, 3.05) is 20.6 Å². The van der Waals surface area contributed by atoms with Gasteiger partial charge in [0.1, 0.15) is 0 Å². The van der Waals surface area contributed by atoms with Crippen molar-refractivity contribution in [2.24, 2.45) is 0 Å². The van der Waals surface area contributed by atoms with Crippen molar-refractivity contribution in [2.45, 2.75) is 11.6 Å². The monoisotopic (exact) mass is 244 g/mol. The van der Waals surface area contributed by atoms with Crippen LogP contribution < -0.4 is 5.32 Å². The number of likely N-dealkylation sites (N-methyl/N-ethyl adjacent to an activating group) is 1. The van der Waals surface area contributed by atoms with E-state index in [4.69, 9.17) is 0 Å². The average Bonchev–Trinajstić information content (AvgIpc) is 2.67. The Bertz CT molecular complexity index is 452. The summed E-state index contributed by atoms with van der Waals surface area (Å²) in [5, 5.41) is 9.29. The molecule has 2 N–H and O–H groups in total. The van der Waals surface area contributed by atoms with Crippen molar-refractivity contribution in [1.29, 1.82) is 0 Å². The van der Waals surface area contributed by atoms with E-state index in [1.165, 1.54) is 23.6 Å². The van der Waals surface area contributed by atoms with Crippen LogP contribution in [0.15, 0.2) is 23.9 Å². The number of hydrogen-bond donors (Lipinski definition) is 2. The van der Waals surface area contributed by atoms with Gasteiger partial charge in [-0.1, -0.05) is 6.08 Å². The summed E-state index contributed by atoms with van der Waals surface area (Å²) >= 11 is 0. The molecule has 0 fully saturated rings. The van der Waals surface area contributed by atoms with E-state index in [0.717, 1.165) is 0 Å². The standard InChI is InChI=1S/C9H16N4O2S/c1-4-5-13(3)16(14,15)9-8(6-10-2)7-11-12-9/h4,7,10H,1,5-6H2,2-3H3,(H,11,12). The number of sulfonamides is 1. The Morgan fingerprint density at radius 1 is 1.69 bits per heavy atom. The number of H-pyrrole nitrogens is 1. The molecule has 1 aromatic heterocycles. The summed E-state index contributed by atoms with van der Waals surface area (Å²) in [5.41, 5.74) is 0.624. The Hall–Kier alpha value is -1.18. The molecule has 0 saturated carbocycles. The fraction of sp³-hybridized carbons (Fsp3) is 0.444. The minimum absolute atomic E-state index is 0.131. The Balaban J connectivity index is 3.06. The average molecular weight is 244 g/mol. The van der Waals surface area contributed by atoms with Crippen LogP contribution in [-0.4, -0.2) is 43.6 Å². The normalized spacial score (nSPS) is 11.9. The maximum atomic E-state index is 12.1. The number of hydrogen-bond acceptors (Lipinski definition) is 4. The maximum Gasteiger partial charge on any atom is 0.260 e. The van der Waals surface area contributed by atoms with Gasteiger partial charge in [0.15, 0.2) is 5.03 Å². The Labute approximate surface area is 95.4 Å². The van der Waals surface area contributed by atoms with Crippen molar-refractivity contribution in [3.8, 4) is 0 Å². The summed E-state index contributed by atoms with van der Waals surface area (Å²) in [6.07, 6.45) is 3.04. The fourth-order valence-electron chi connectivity index (χ4n) is 1.27. The van der Waals surface area contributed by atoms with Gasteiger partial charge in [0.2, 0.25) is 0 Å². The zero-order valence-corrected chi connectivity index (χ0v) is 10.2. The highest BCUT2D eigenvalue weighted by molar-refractivity contribution is 7.89. The molecular weight excluding hydrogens is 228 g/mol. The fourth-order valence-corrected chi connectivity index (χ4v) is 2.51. The van der Waals surface area contributed by atoms with Crippen LogP contribution in [-0.2, 0) is 16.6 Å². The third kappa shape index (κ3) is 2.49. The van der Waals surface area contributed by atoms with Gasteiger partial charge in [-0.05, 0) is 7.05 Å². The first-order valence-corrected chi connectivity index (χ1v) is 6.22. The van der Waals surface area contributed by atoms with Gasteiger partial charge in [0.25, 0.3) is 10.0 Å². The molecule has 0 radical (unpaired) electrons. The molecular formula is C9H16N4O2S. The second-order valence-electron chi connectivity index (χ2n) is 3.33. The molecule has 0 amide bonds. The number of nitrogens with zero attached hydrogens (tertiary/aromatic N) is 2. The van der Waals surface area contributed by atoms with E-state index in [2.05, 4.69) is 22.1 Å². The van der Waals surface area contributed by atoms with Crippen molar-refractivity contribution < 1.29 is 8.42 Å². The van der Waals surface area contributed by atoms with Crippen LogP contribution in [0.4, 0.5) is 0 Å². The van der Waals surface area contributed by atoms with Crippen LogP contribution >= 0.6 is 0 Å². The summed E-state index contributed by atoms with van der Waals surface area (Å²) in [4.78, 5) is 0. The lowest BCUT2D eigenvalue weighted by Gasteiger charge is -2.14. The highest BCUT2D eigenvalue weighted by Crippen LogP contribution is 2.15. The van der Waals surface area contributed by atoms with Gasteiger partial charge in [-0.3, -0.25) is 5.10 Å². The zero-order chi connectivity index (χ0) is 12.2. The summed E-state index contributed by atoms with van der Waals surface area (Å²) in [5.74, 6) is 0. The molecule has 90 valence electrons. The van der Waals surface area contributed by atoms with Crippen molar-refractivity contribution in [1.82, 2.24) is 19.8 Å². The second kappa shape index (κ2) is 5.24. The highest BCUT2D eigenvalue weighted by Gasteiger charge is 2.24. The van der Waals surface area contributed by atoms with Gasteiger partial charge in [-0.15, -0.1) is 6.58 Å². The third-order valence-corrected chi connectivity index (χ3v) is 3.94. The summed E-state index contributed by atoms with van der Waals surface area (Å²) in [6.45, 7) is 4.23. The van der Waals surface area contributed by atoms with Crippen LogP contribution in [0.3, 0.4) is 0 Å². The lowest BCUT2D eigenvalue weighted by Crippen LogP contribution is -2.28. The van der Waals surface area contributed by atoms with Gasteiger partial charge >= 0.3 is 0 Å². The van der Waals surface area contributed by atoms with Gasteiger partial charge in [0, 0.05) is 25.7 Å². The van der Waals surface area contributed by atoms with Gasteiger partial charge in [0.05, 0.1) is 6.20 Å². The quantitative estimate of drug-likeness (QED) is 0.687. The molecule has 0 aromatic carbocycles. The topological polar surface area (TPSA) is 78.1 Å². The highest BCUT2D eigenvalue weighted by atomic mass is 32.2. The van der Waals surface area contributed by atoms with Gasteiger partial charge < -0.3 is 5.32 Å². The number of aromatic amines is 1. The number of nitrogens with one attached hydrogen (secondary N) is 2. The lowest BCUT2D eigenvalue weighted by atomic mass is 10.4. The largest absolute Gasteiger partial charge is 0.316 e. The van der Waals surface area contributed by atoms with Crippen LogP contribution in [0, 0.1) is 0 Å². The van der Waals surface area contributed by atoms with E-state index >= 15 is 0 Å². The smallest absolute Gasteiger partial charge is 0.260 e. The molecule has 0 spiro atoms. The van der Waals surface area contributed by atoms with Crippen molar-refractivity contribution in [3.05, 3.63) is 24.4 Å². The summed E-state index contributed by atoms with van der Waals surface area (Å²) in [6, 6.07) is 0. The van der Waals surface area contributed by atoms with Gasteiger partial charge in [-0.25, -0.2) is 8.42 Å². The van der Waals surface area contributed by atoms with E-state index in [1.807, 2.05) is 0 Å².